The molecule has 0 aliphatic rings. The van der Waals surface area contributed by atoms with E-state index in [9.17, 15) is 4.79 Å². The average molecular weight is 239 g/mol. The lowest BCUT2D eigenvalue weighted by Gasteiger charge is -2.18. The van der Waals surface area contributed by atoms with Gasteiger partial charge in [0.05, 0.1) is 17.5 Å². The summed E-state index contributed by atoms with van der Waals surface area (Å²) in [5.41, 5.74) is -0.273. The van der Waals surface area contributed by atoms with Crippen molar-refractivity contribution in [2.24, 2.45) is 5.41 Å². The topological polar surface area (TPSA) is 64.9 Å². The fourth-order valence-corrected chi connectivity index (χ4v) is 1.41. The molecule has 0 aliphatic carbocycles. The molecule has 17 heavy (non-hydrogen) atoms. The van der Waals surface area contributed by atoms with E-state index >= 15 is 0 Å². The zero-order chi connectivity index (χ0) is 13.5. The number of amides is 1. The van der Waals surface area contributed by atoms with Crippen molar-refractivity contribution in [3.63, 3.8) is 0 Å². The Labute approximate surface area is 105 Å². The number of rotatable bonds is 7. The van der Waals surface area contributed by atoms with Gasteiger partial charge in [0.1, 0.15) is 0 Å². The van der Waals surface area contributed by atoms with Gasteiger partial charge in [0, 0.05) is 6.04 Å². The zero-order valence-electron chi connectivity index (χ0n) is 11.6. The maximum atomic E-state index is 11.6. The number of hydrogen-bond acceptors (Lipinski definition) is 3. The molecule has 0 saturated carbocycles. The molecule has 0 fully saturated rings. The molecule has 98 valence electrons. The SMILES string of the molecule is CC(C)NC(=O)C(C)NCCCC(C)(C)C#N. The molecular weight excluding hydrogens is 214 g/mol. The van der Waals surface area contributed by atoms with Crippen LogP contribution in [0.4, 0.5) is 0 Å². The van der Waals surface area contributed by atoms with Gasteiger partial charge in [-0.1, -0.05) is 0 Å². The van der Waals surface area contributed by atoms with Crippen molar-refractivity contribution in [3.05, 3.63) is 0 Å². The van der Waals surface area contributed by atoms with Crippen molar-refractivity contribution < 1.29 is 4.79 Å². The Morgan fingerprint density at radius 2 is 1.94 bits per heavy atom. The molecule has 0 aliphatic heterocycles. The normalized spacial score (nSPS) is 13.2. The molecule has 0 saturated heterocycles. The Bertz CT molecular complexity index is 279. The Balaban J connectivity index is 3.76. The summed E-state index contributed by atoms with van der Waals surface area (Å²) in [7, 11) is 0. The highest BCUT2D eigenvalue weighted by Crippen LogP contribution is 2.19. The van der Waals surface area contributed by atoms with E-state index in [1.54, 1.807) is 0 Å². The van der Waals surface area contributed by atoms with Gasteiger partial charge in [-0.25, -0.2) is 0 Å². The first-order valence-corrected chi connectivity index (χ1v) is 6.23. The molecular formula is C13H25N3O. The number of carbonyl (C=O) groups is 1. The van der Waals surface area contributed by atoms with E-state index in [1.165, 1.54) is 0 Å². The molecule has 4 heteroatoms. The van der Waals surface area contributed by atoms with E-state index in [0.29, 0.717) is 0 Å². The van der Waals surface area contributed by atoms with Crippen LogP contribution in [-0.2, 0) is 4.79 Å². The predicted octanol–water partition coefficient (Wildman–Crippen LogP) is 1.82. The van der Waals surface area contributed by atoms with Gasteiger partial charge in [-0.3, -0.25) is 4.79 Å². The minimum absolute atomic E-state index is 0.0274. The summed E-state index contributed by atoms with van der Waals surface area (Å²) in [6.45, 7) is 10.4. The second-order valence-electron chi connectivity index (χ2n) is 5.44. The van der Waals surface area contributed by atoms with Crippen molar-refractivity contribution in [1.29, 1.82) is 5.26 Å². The van der Waals surface area contributed by atoms with Gasteiger partial charge in [-0.2, -0.15) is 5.26 Å². The molecule has 0 aromatic rings. The summed E-state index contributed by atoms with van der Waals surface area (Å²) in [4.78, 5) is 11.6. The second kappa shape index (κ2) is 7.29. The molecule has 0 aromatic heterocycles. The highest BCUT2D eigenvalue weighted by molar-refractivity contribution is 5.81. The molecule has 0 bridgehead atoms. The molecule has 0 rings (SSSR count). The summed E-state index contributed by atoms with van der Waals surface area (Å²) in [5.74, 6) is 0.0274. The lowest BCUT2D eigenvalue weighted by atomic mass is 9.90. The molecule has 0 aromatic carbocycles. The van der Waals surface area contributed by atoms with Crippen LogP contribution < -0.4 is 10.6 Å². The van der Waals surface area contributed by atoms with Gasteiger partial charge < -0.3 is 10.6 Å². The van der Waals surface area contributed by atoms with Crippen molar-refractivity contribution in [2.75, 3.05) is 6.54 Å². The van der Waals surface area contributed by atoms with Gasteiger partial charge in [-0.05, 0) is 54.0 Å². The van der Waals surface area contributed by atoms with Crippen molar-refractivity contribution in [1.82, 2.24) is 10.6 Å². The highest BCUT2D eigenvalue weighted by Gasteiger charge is 2.17. The zero-order valence-corrected chi connectivity index (χ0v) is 11.6. The highest BCUT2D eigenvalue weighted by atomic mass is 16.2. The average Bonchev–Trinajstić information content (AvgIpc) is 2.23. The van der Waals surface area contributed by atoms with E-state index in [-0.39, 0.29) is 23.4 Å². The van der Waals surface area contributed by atoms with Crippen LogP contribution in [0.25, 0.3) is 0 Å². The first-order valence-electron chi connectivity index (χ1n) is 6.23. The summed E-state index contributed by atoms with van der Waals surface area (Å²) < 4.78 is 0. The molecule has 2 N–H and O–H groups in total. The van der Waals surface area contributed by atoms with Crippen LogP contribution in [0.15, 0.2) is 0 Å². The quantitative estimate of drug-likeness (QED) is 0.666. The predicted molar refractivity (Wildman–Crippen MR) is 69.4 cm³/mol. The monoisotopic (exact) mass is 239 g/mol. The van der Waals surface area contributed by atoms with E-state index in [1.807, 2.05) is 34.6 Å². The van der Waals surface area contributed by atoms with Crippen molar-refractivity contribution >= 4 is 5.91 Å². The largest absolute Gasteiger partial charge is 0.353 e. The lowest BCUT2D eigenvalue weighted by molar-refractivity contribution is -0.123. The van der Waals surface area contributed by atoms with Crippen LogP contribution in [0, 0.1) is 16.7 Å². The van der Waals surface area contributed by atoms with Crippen molar-refractivity contribution in [2.45, 2.75) is 59.5 Å². The van der Waals surface area contributed by atoms with Gasteiger partial charge in [0.15, 0.2) is 0 Å². The molecule has 0 spiro atoms. The fraction of sp³-hybridized carbons (Fsp3) is 0.846. The maximum absolute atomic E-state index is 11.6. The summed E-state index contributed by atoms with van der Waals surface area (Å²) >= 11 is 0. The standard InChI is InChI=1S/C13H25N3O/c1-10(2)16-12(17)11(3)15-8-6-7-13(4,5)9-14/h10-11,15H,6-8H2,1-5H3,(H,16,17). The van der Waals surface area contributed by atoms with Crippen LogP contribution in [-0.4, -0.2) is 24.5 Å². The number of nitriles is 1. The molecule has 1 unspecified atom stereocenters. The van der Waals surface area contributed by atoms with Crippen LogP contribution in [0.5, 0.6) is 0 Å². The third-order valence-electron chi connectivity index (χ3n) is 2.56. The van der Waals surface area contributed by atoms with Gasteiger partial charge in [-0.15, -0.1) is 0 Å². The van der Waals surface area contributed by atoms with E-state index in [0.717, 1.165) is 19.4 Å². The minimum atomic E-state index is -0.273. The third-order valence-corrected chi connectivity index (χ3v) is 2.56. The van der Waals surface area contributed by atoms with Crippen LogP contribution in [0.1, 0.15) is 47.5 Å². The Hall–Kier alpha value is -1.08. The maximum Gasteiger partial charge on any atom is 0.237 e. The third kappa shape index (κ3) is 7.76. The van der Waals surface area contributed by atoms with Crippen LogP contribution >= 0.6 is 0 Å². The summed E-state index contributed by atoms with van der Waals surface area (Å²) in [5, 5.41) is 14.9. The van der Waals surface area contributed by atoms with Crippen molar-refractivity contribution in [3.8, 4) is 6.07 Å². The van der Waals surface area contributed by atoms with Crippen LogP contribution in [0.2, 0.25) is 0 Å². The Kier molecular flexibility index (Phi) is 6.82. The minimum Gasteiger partial charge on any atom is -0.353 e. The number of hydrogen-bond donors (Lipinski definition) is 2. The molecule has 4 nitrogen and oxygen atoms in total. The Morgan fingerprint density at radius 1 is 1.35 bits per heavy atom. The van der Waals surface area contributed by atoms with Gasteiger partial charge in [0.2, 0.25) is 5.91 Å². The van der Waals surface area contributed by atoms with E-state index < -0.39 is 0 Å². The van der Waals surface area contributed by atoms with E-state index in [4.69, 9.17) is 5.26 Å². The Morgan fingerprint density at radius 3 is 2.41 bits per heavy atom. The summed E-state index contributed by atoms with van der Waals surface area (Å²) in [6, 6.07) is 2.26. The lowest BCUT2D eigenvalue weighted by Crippen LogP contribution is -2.45. The van der Waals surface area contributed by atoms with Gasteiger partial charge >= 0.3 is 0 Å². The summed E-state index contributed by atoms with van der Waals surface area (Å²) in [6.07, 6.45) is 1.74. The number of carbonyl (C=O) groups excluding carboxylic acids is 1. The number of nitrogens with one attached hydrogen (secondary N) is 2. The molecule has 0 heterocycles. The first-order chi connectivity index (χ1) is 7.78. The van der Waals surface area contributed by atoms with E-state index in [2.05, 4.69) is 16.7 Å². The smallest absolute Gasteiger partial charge is 0.237 e. The number of nitrogens with zero attached hydrogens (tertiary/aromatic N) is 1. The van der Waals surface area contributed by atoms with Crippen LogP contribution in [0.3, 0.4) is 0 Å². The fourth-order valence-electron chi connectivity index (χ4n) is 1.41. The molecule has 1 atom stereocenters. The van der Waals surface area contributed by atoms with Gasteiger partial charge in [0.25, 0.3) is 0 Å². The molecule has 1 amide bonds. The second-order valence-corrected chi connectivity index (χ2v) is 5.44. The first kappa shape index (κ1) is 15.9. The molecule has 0 radical (unpaired) electrons.